The van der Waals surface area contributed by atoms with Crippen LogP contribution in [0.25, 0.3) is 0 Å². The fourth-order valence-electron chi connectivity index (χ4n) is 0.288. The summed E-state index contributed by atoms with van der Waals surface area (Å²) in [5.41, 5.74) is 0. The minimum Gasteiger partial charge on any atom is -0.265 e. The molecule has 3 nitrogen and oxygen atoms in total. The molecule has 54 valence electrons. The standard InChI is InChI=1S/C4H7Br2NO2/c1-3(5)4(6)2-7(8)9/h3-4H,2H2,1H3. The maximum Gasteiger partial charge on any atom is 0.217 e. The SMILES string of the molecule is CC(Br)C(Br)C[N+](=O)[O-]. The van der Waals surface area contributed by atoms with E-state index in [1.807, 2.05) is 6.92 Å². The van der Waals surface area contributed by atoms with Crippen LogP contribution in [0.4, 0.5) is 0 Å². The first-order valence-electron chi connectivity index (χ1n) is 2.44. The molecule has 0 aliphatic heterocycles. The van der Waals surface area contributed by atoms with Crippen LogP contribution < -0.4 is 0 Å². The zero-order chi connectivity index (χ0) is 7.44. The van der Waals surface area contributed by atoms with Gasteiger partial charge in [0.25, 0.3) is 0 Å². The Labute approximate surface area is 70.2 Å². The van der Waals surface area contributed by atoms with E-state index in [2.05, 4.69) is 31.9 Å². The predicted octanol–water partition coefficient (Wildman–Crippen LogP) is 1.81. The average molecular weight is 261 g/mol. The highest BCUT2D eigenvalue weighted by Gasteiger charge is 2.15. The van der Waals surface area contributed by atoms with E-state index in [1.54, 1.807) is 0 Å². The topological polar surface area (TPSA) is 43.1 Å². The van der Waals surface area contributed by atoms with Gasteiger partial charge in [-0.15, -0.1) is 0 Å². The quantitative estimate of drug-likeness (QED) is 0.441. The highest BCUT2D eigenvalue weighted by molar-refractivity contribution is 9.12. The second-order valence-corrected chi connectivity index (χ2v) is 4.33. The van der Waals surface area contributed by atoms with E-state index in [9.17, 15) is 10.1 Å². The summed E-state index contributed by atoms with van der Waals surface area (Å²) in [6.45, 7) is 1.83. The third-order valence-electron chi connectivity index (χ3n) is 0.822. The molecule has 0 aromatic heterocycles. The third kappa shape index (κ3) is 4.84. The predicted molar refractivity (Wildman–Crippen MR) is 43.0 cm³/mol. The van der Waals surface area contributed by atoms with Gasteiger partial charge >= 0.3 is 0 Å². The minimum absolute atomic E-state index is 0.0353. The van der Waals surface area contributed by atoms with Crippen LogP contribution in [0.2, 0.25) is 0 Å². The Morgan fingerprint density at radius 1 is 1.67 bits per heavy atom. The second-order valence-electron chi connectivity index (χ2n) is 1.71. The van der Waals surface area contributed by atoms with Gasteiger partial charge in [-0.3, -0.25) is 10.1 Å². The Morgan fingerprint density at radius 2 is 2.11 bits per heavy atom. The van der Waals surface area contributed by atoms with Crippen molar-refractivity contribution in [2.24, 2.45) is 0 Å². The summed E-state index contributed by atoms with van der Waals surface area (Å²) in [6.07, 6.45) is 0. The van der Waals surface area contributed by atoms with Gasteiger partial charge in [0.05, 0.1) is 4.83 Å². The maximum atomic E-state index is 9.87. The highest BCUT2D eigenvalue weighted by atomic mass is 79.9. The molecule has 0 rings (SSSR count). The molecule has 2 atom stereocenters. The summed E-state index contributed by atoms with van der Waals surface area (Å²) in [4.78, 5) is 9.60. The molecule has 0 aliphatic carbocycles. The zero-order valence-electron chi connectivity index (χ0n) is 4.88. The fourth-order valence-corrected chi connectivity index (χ4v) is 0.691. The molecular weight excluding hydrogens is 254 g/mol. The normalized spacial score (nSPS) is 16.8. The first kappa shape index (κ1) is 9.36. The van der Waals surface area contributed by atoms with Crippen LogP contribution in [0, 0.1) is 10.1 Å². The maximum absolute atomic E-state index is 9.87. The lowest BCUT2D eigenvalue weighted by Crippen LogP contribution is -2.20. The minimum atomic E-state index is -0.336. The van der Waals surface area contributed by atoms with Crippen LogP contribution >= 0.6 is 31.9 Å². The van der Waals surface area contributed by atoms with Crippen LogP contribution in [0.5, 0.6) is 0 Å². The van der Waals surface area contributed by atoms with Crippen molar-refractivity contribution < 1.29 is 4.92 Å². The van der Waals surface area contributed by atoms with E-state index in [0.717, 1.165) is 0 Å². The van der Waals surface area contributed by atoms with E-state index in [1.165, 1.54) is 0 Å². The monoisotopic (exact) mass is 259 g/mol. The van der Waals surface area contributed by atoms with Gasteiger partial charge in [-0.1, -0.05) is 38.8 Å². The highest BCUT2D eigenvalue weighted by Crippen LogP contribution is 2.12. The second kappa shape index (κ2) is 4.22. The fraction of sp³-hybridized carbons (Fsp3) is 1.00. The van der Waals surface area contributed by atoms with Gasteiger partial charge in [0, 0.05) is 9.75 Å². The van der Waals surface area contributed by atoms with Crippen LogP contribution in [0.3, 0.4) is 0 Å². The van der Waals surface area contributed by atoms with E-state index >= 15 is 0 Å². The molecule has 2 unspecified atom stereocenters. The average Bonchev–Trinajstić information content (AvgIpc) is 1.63. The van der Waals surface area contributed by atoms with E-state index < -0.39 is 0 Å². The lowest BCUT2D eigenvalue weighted by atomic mass is 10.3. The van der Waals surface area contributed by atoms with Gasteiger partial charge in [-0.25, -0.2) is 0 Å². The van der Waals surface area contributed by atoms with E-state index in [0.29, 0.717) is 0 Å². The van der Waals surface area contributed by atoms with E-state index in [4.69, 9.17) is 0 Å². The number of hydrogen-bond acceptors (Lipinski definition) is 2. The summed E-state index contributed by atoms with van der Waals surface area (Å²) in [7, 11) is 0. The lowest BCUT2D eigenvalue weighted by molar-refractivity contribution is -0.478. The van der Waals surface area contributed by atoms with Crippen molar-refractivity contribution >= 4 is 31.9 Å². The van der Waals surface area contributed by atoms with Gasteiger partial charge in [-0.2, -0.15) is 0 Å². The van der Waals surface area contributed by atoms with E-state index in [-0.39, 0.29) is 21.1 Å². The Bertz CT molecular complexity index is 107. The van der Waals surface area contributed by atoms with Crippen molar-refractivity contribution in [2.75, 3.05) is 6.54 Å². The molecule has 5 heteroatoms. The van der Waals surface area contributed by atoms with Crippen LogP contribution in [-0.4, -0.2) is 21.1 Å². The molecule has 0 amide bonds. The van der Waals surface area contributed by atoms with Crippen molar-refractivity contribution in [2.45, 2.75) is 16.6 Å². The van der Waals surface area contributed by atoms with Crippen molar-refractivity contribution in [1.29, 1.82) is 0 Å². The molecule has 0 aromatic rings. The molecule has 0 N–H and O–H groups in total. The summed E-state index contributed by atoms with van der Waals surface area (Å²) in [5, 5.41) is 9.87. The number of rotatable bonds is 3. The number of halogens is 2. The van der Waals surface area contributed by atoms with Crippen molar-refractivity contribution in [3.05, 3.63) is 10.1 Å². The largest absolute Gasteiger partial charge is 0.265 e. The van der Waals surface area contributed by atoms with Gasteiger partial charge < -0.3 is 0 Å². The van der Waals surface area contributed by atoms with Gasteiger partial charge in [-0.05, 0) is 0 Å². The van der Waals surface area contributed by atoms with Crippen molar-refractivity contribution in [3.63, 3.8) is 0 Å². The molecular formula is C4H7Br2NO2. The van der Waals surface area contributed by atoms with Crippen LogP contribution in [0.15, 0.2) is 0 Å². The van der Waals surface area contributed by atoms with Gasteiger partial charge in [0.2, 0.25) is 6.54 Å². The number of hydrogen-bond donors (Lipinski definition) is 0. The number of nitrogens with zero attached hydrogens (tertiary/aromatic N) is 1. The molecule has 0 fully saturated rings. The molecule has 0 radical (unpaired) electrons. The van der Waals surface area contributed by atoms with Crippen molar-refractivity contribution in [3.8, 4) is 0 Å². The smallest absolute Gasteiger partial charge is 0.217 e. The molecule has 0 aliphatic rings. The number of nitro groups is 1. The van der Waals surface area contributed by atoms with Crippen LogP contribution in [-0.2, 0) is 0 Å². The molecule has 9 heavy (non-hydrogen) atoms. The summed E-state index contributed by atoms with van der Waals surface area (Å²) >= 11 is 6.37. The van der Waals surface area contributed by atoms with Gasteiger partial charge in [0.1, 0.15) is 0 Å². The summed E-state index contributed by atoms with van der Waals surface area (Å²) in [5.74, 6) is 0. The lowest BCUT2D eigenvalue weighted by Gasteiger charge is -2.05. The third-order valence-corrected chi connectivity index (χ3v) is 3.25. The molecule has 0 bridgehead atoms. The Hall–Kier alpha value is 0.360. The first-order valence-corrected chi connectivity index (χ1v) is 4.27. The number of alkyl halides is 2. The van der Waals surface area contributed by atoms with Crippen molar-refractivity contribution in [1.82, 2.24) is 0 Å². The van der Waals surface area contributed by atoms with Gasteiger partial charge in [0.15, 0.2) is 0 Å². The Kier molecular flexibility index (Phi) is 4.39. The molecule has 0 spiro atoms. The first-order chi connectivity index (χ1) is 4.04. The Balaban J connectivity index is 3.50. The molecule has 0 aromatic carbocycles. The summed E-state index contributed by atoms with van der Waals surface area (Å²) in [6, 6.07) is 0. The van der Waals surface area contributed by atoms with Crippen LogP contribution in [0.1, 0.15) is 6.92 Å². The Morgan fingerprint density at radius 3 is 2.22 bits per heavy atom. The molecule has 0 saturated carbocycles. The molecule has 0 saturated heterocycles. The zero-order valence-corrected chi connectivity index (χ0v) is 8.05. The molecule has 0 heterocycles. The summed E-state index contributed by atoms with van der Waals surface area (Å²) < 4.78 is 0.